The molecule has 0 spiro atoms. The predicted octanol–water partition coefficient (Wildman–Crippen LogP) is 5.76. The van der Waals surface area contributed by atoms with E-state index in [1.54, 1.807) is 30.3 Å². The highest BCUT2D eigenvalue weighted by Gasteiger charge is 2.35. The van der Waals surface area contributed by atoms with Crippen LogP contribution >= 0.6 is 0 Å². The van der Waals surface area contributed by atoms with Gasteiger partial charge in [0.25, 0.3) is 10.0 Å². The summed E-state index contributed by atoms with van der Waals surface area (Å²) in [4.78, 5) is 30.0. The van der Waals surface area contributed by atoms with Crippen LogP contribution in [-0.4, -0.2) is 58.0 Å². The molecule has 248 valence electrons. The van der Waals surface area contributed by atoms with Crippen LogP contribution in [0.4, 0.5) is 5.69 Å². The zero-order valence-corrected chi connectivity index (χ0v) is 28.4. The van der Waals surface area contributed by atoms with E-state index in [2.05, 4.69) is 5.32 Å². The van der Waals surface area contributed by atoms with E-state index < -0.39 is 28.5 Å². The fourth-order valence-corrected chi connectivity index (χ4v) is 6.62. The fourth-order valence-electron chi connectivity index (χ4n) is 5.19. The quantitative estimate of drug-likeness (QED) is 0.174. The number of methoxy groups -OCH3 is 2. The molecule has 0 aliphatic heterocycles. The number of anilines is 1. The molecule has 0 aliphatic carbocycles. The van der Waals surface area contributed by atoms with E-state index in [9.17, 15) is 18.0 Å². The molecule has 2 atom stereocenters. The van der Waals surface area contributed by atoms with Gasteiger partial charge in [0.1, 0.15) is 12.6 Å². The van der Waals surface area contributed by atoms with Crippen molar-refractivity contribution in [1.29, 1.82) is 0 Å². The average molecular weight is 658 g/mol. The molecule has 0 bridgehead atoms. The number of amides is 2. The van der Waals surface area contributed by atoms with Crippen molar-refractivity contribution in [2.24, 2.45) is 0 Å². The number of carbonyl (C=O) groups excluding carboxylic acids is 2. The predicted molar refractivity (Wildman–Crippen MR) is 184 cm³/mol. The van der Waals surface area contributed by atoms with Crippen LogP contribution in [0.3, 0.4) is 0 Å². The smallest absolute Gasteiger partial charge is 0.264 e. The molecule has 0 saturated heterocycles. The first-order valence-corrected chi connectivity index (χ1v) is 17.0. The standard InChI is InChI=1S/C37H43N3O6S/c1-6-28(3)38-37(42)33(23-29-16-9-7-10-17-29)39(25-30-18-14-13-15-27(30)2)36(41)26-40(31-19-11-8-12-20-31)47(43,44)32-21-22-34(45-4)35(24-32)46-5/h7-22,24,28,33H,6,23,25-26H2,1-5H3,(H,38,42)/t28-,33+/m1/s1. The molecular weight excluding hydrogens is 614 g/mol. The van der Waals surface area contributed by atoms with Gasteiger partial charge in [-0.3, -0.25) is 13.9 Å². The van der Waals surface area contributed by atoms with Gasteiger partial charge in [-0.1, -0.05) is 79.7 Å². The second-order valence-corrected chi connectivity index (χ2v) is 13.2. The Bertz CT molecular complexity index is 1750. The van der Waals surface area contributed by atoms with E-state index in [1.807, 2.05) is 75.4 Å². The van der Waals surface area contributed by atoms with Crippen molar-refractivity contribution in [3.05, 3.63) is 120 Å². The lowest BCUT2D eigenvalue weighted by molar-refractivity contribution is -0.140. The summed E-state index contributed by atoms with van der Waals surface area (Å²) in [5, 5.41) is 3.06. The third-order valence-corrected chi connectivity index (χ3v) is 9.91. The van der Waals surface area contributed by atoms with Gasteiger partial charge in [0.05, 0.1) is 24.8 Å². The molecule has 4 rings (SSSR count). The Labute approximate surface area is 278 Å². The Kier molecular flexibility index (Phi) is 12.0. The molecule has 1 N–H and O–H groups in total. The highest BCUT2D eigenvalue weighted by Crippen LogP contribution is 2.32. The maximum absolute atomic E-state index is 14.6. The molecule has 47 heavy (non-hydrogen) atoms. The highest BCUT2D eigenvalue weighted by atomic mass is 32.2. The second-order valence-electron chi connectivity index (χ2n) is 11.3. The van der Waals surface area contributed by atoms with Crippen molar-refractivity contribution < 1.29 is 27.5 Å². The van der Waals surface area contributed by atoms with Gasteiger partial charge in [0, 0.05) is 25.1 Å². The lowest BCUT2D eigenvalue weighted by atomic mass is 10.0. The topological polar surface area (TPSA) is 105 Å². The SMILES string of the molecule is CC[C@@H](C)NC(=O)[C@H](Cc1ccccc1)N(Cc1ccccc1C)C(=O)CN(c1ccccc1)S(=O)(=O)c1ccc(OC)c(OC)c1. The number of rotatable bonds is 15. The van der Waals surface area contributed by atoms with E-state index >= 15 is 0 Å². The monoisotopic (exact) mass is 657 g/mol. The van der Waals surface area contributed by atoms with Crippen molar-refractivity contribution in [2.75, 3.05) is 25.1 Å². The summed E-state index contributed by atoms with van der Waals surface area (Å²) in [6.07, 6.45) is 0.954. The van der Waals surface area contributed by atoms with Crippen LogP contribution in [0.5, 0.6) is 11.5 Å². The molecule has 0 saturated carbocycles. The van der Waals surface area contributed by atoms with Gasteiger partial charge in [-0.15, -0.1) is 0 Å². The Morgan fingerprint density at radius 1 is 0.830 bits per heavy atom. The van der Waals surface area contributed by atoms with E-state index in [-0.39, 0.29) is 35.6 Å². The lowest BCUT2D eigenvalue weighted by Gasteiger charge is -2.34. The van der Waals surface area contributed by atoms with Gasteiger partial charge in [-0.05, 0) is 61.2 Å². The van der Waals surface area contributed by atoms with Crippen molar-refractivity contribution in [1.82, 2.24) is 10.2 Å². The summed E-state index contributed by atoms with van der Waals surface area (Å²) < 4.78 is 40.4. The minimum absolute atomic E-state index is 0.0763. The van der Waals surface area contributed by atoms with E-state index in [4.69, 9.17) is 9.47 Å². The lowest BCUT2D eigenvalue weighted by Crippen LogP contribution is -2.54. The maximum atomic E-state index is 14.6. The van der Waals surface area contributed by atoms with Crippen molar-refractivity contribution in [2.45, 2.75) is 57.1 Å². The third kappa shape index (κ3) is 8.71. The molecule has 0 unspecified atom stereocenters. The first-order chi connectivity index (χ1) is 22.6. The molecule has 0 aromatic heterocycles. The molecule has 0 heterocycles. The Balaban J connectivity index is 1.82. The first-order valence-electron chi connectivity index (χ1n) is 15.6. The third-order valence-electron chi connectivity index (χ3n) is 8.14. The zero-order valence-electron chi connectivity index (χ0n) is 27.6. The van der Waals surface area contributed by atoms with Crippen LogP contribution in [0.25, 0.3) is 0 Å². The summed E-state index contributed by atoms with van der Waals surface area (Å²) >= 11 is 0. The summed E-state index contributed by atoms with van der Waals surface area (Å²) in [5.41, 5.74) is 2.97. The van der Waals surface area contributed by atoms with Crippen LogP contribution in [0.2, 0.25) is 0 Å². The van der Waals surface area contributed by atoms with Crippen LogP contribution in [0, 0.1) is 6.92 Å². The normalized spacial score (nSPS) is 12.4. The molecular formula is C37H43N3O6S. The Hall–Kier alpha value is -4.83. The average Bonchev–Trinajstić information content (AvgIpc) is 3.09. The number of ether oxygens (including phenoxy) is 2. The molecule has 0 aliphatic rings. The number of benzene rings is 4. The van der Waals surface area contributed by atoms with Crippen LogP contribution in [0.15, 0.2) is 108 Å². The van der Waals surface area contributed by atoms with Gasteiger partial charge in [-0.25, -0.2) is 8.42 Å². The van der Waals surface area contributed by atoms with E-state index in [0.29, 0.717) is 17.9 Å². The van der Waals surface area contributed by atoms with E-state index in [0.717, 1.165) is 21.0 Å². The van der Waals surface area contributed by atoms with Gasteiger partial charge in [-0.2, -0.15) is 0 Å². The number of hydrogen-bond donors (Lipinski definition) is 1. The summed E-state index contributed by atoms with van der Waals surface area (Å²) in [7, 11) is -1.41. The first kappa shape index (κ1) is 35.0. The number of carbonyl (C=O) groups is 2. The molecule has 4 aromatic rings. The molecule has 10 heteroatoms. The summed E-state index contributed by atoms with van der Waals surface area (Å²) in [6, 6.07) is 28.9. The Morgan fingerprint density at radius 2 is 1.45 bits per heavy atom. The van der Waals surface area contributed by atoms with Gasteiger partial charge < -0.3 is 19.7 Å². The highest BCUT2D eigenvalue weighted by molar-refractivity contribution is 7.92. The van der Waals surface area contributed by atoms with Crippen molar-refractivity contribution in [3.63, 3.8) is 0 Å². The van der Waals surface area contributed by atoms with Crippen molar-refractivity contribution in [3.8, 4) is 11.5 Å². The summed E-state index contributed by atoms with van der Waals surface area (Å²) in [5.74, 6) is -0.228. The molecule has 0 fully saturated rings. The maximum Gasteiger partial charge on any atom is 0.264 e. The van der Waals surface area contributed by atoms with Crippen LogP contribution < -0.4 is 19.1 Å². The second kappa shape index (κ2) is 16.1. The van der Waals surface area contributed by atoms with Crippen LogP contribution in [0.1, 0.15) is 37.0 Å². The minimum atomic E-state index is -4.30. The number of nitrogens with zero attached hydrogens (tertiary/aromatic N) is 2. The van der Waals surface area contributed by atoms with Crippen molar-refractivity contribution >= 4 is 27.5 Å². The minimum Gasteiger partial charge on any atom is -0.493 e. The number of aryl methyl sites for hydroxylation is 1. The van der Waals surface area contributed by atoms with Crippen LogP contribution in [-0.2, 0) is 32.6 Å². The van der Waals surface area contributed by atoms with Gasteiger partial charge in [0.15, 0.2) is 11.5 Å². The molecule has 4 aromatic carbocycles. The summed E-state index contributed by atoms with van der Waals surface area (Å²) in [6.45, 7) is 5.40. The number of sulfonamides is 1. The molecule has 0 radical (unpaired) electrons. The number of para-hydroxylation sites is 1. The number of nitrogens with one attached hydrogen (secondary N) is 1. The van der Waals surface area contributed by atoms with E-state index in [1.165, 1.54) is 37.3 Å². The van der Waals surface area contributed by atoms with Gasteiger partial charge in [0.2, 0.25) is 11.8 Å². The number of hydrogen-bond acceptors (Lipinski definition) is 6. The fraction of sp³-hybridized carbons (Fsp3) is 0.297. The zero-order chi connectivity index (χ0) is 34.0. The van der Waals surface area contributed by atoms with Gasteiger partial charge >= 0.3 is 0 Å². The molecule has 9 nitrogen and oxygen atoms in total. The molecule has 2 amide bonds. The Morgan fingerprint density at radius 3 is 2.06 bits per heavy atom. The largest absolute Gasteiger partial charge is 0.493 e.